The third-order valence-electron chi connectivity index (χ3n) is 7.06. The second kappa shape index (κ2) is 8.26. The molecule has 2 aromatic heterocycles. The van der Waals surface area contributed by atoms with Gasteiger partial charge >= 0.3 is 0 Å². The molecule has 0 aromatic carbocycles. The van der Waals surface area contributed by atoms with Gasteiger partial charge in [0.25, 0.3) is 5.56 Å². The molecule has 166 valence electrons. The number of piperidine rings is 1. The minimum Gasteiger partial charge on any atom is -0.503 e. The van der Waals surface area contributed by atoms with Crippen LogP contribution in [0.5, 0.6) is 5.75 Å². The van der Waals surface area contributed by atoms with Crippen molar-refractivity contribution in [3.63, 3.8) is 0 Å². The van der Waals surface area contributed by atoms with Crippen LogP contribution >= 0.6 is 0 Å². The minimum atomic E-state index is -0.314. The lowest BCUT2D eigenvalue weighted by atomic mass is 9.83. The SMILES string of the molecule is Cn1c(CN2C[C@@H]3C[C@H](C2)c2cccc(=O)n2C3)cc(=O)c(O)c1CN1CCOCC1. The van der Waals surface area contributed by atoms with Gasteiger partial charge in [0.2, 0.25) is 5.43 Å². The van der Waals surface area contributed by atoms with E-state index in [1.165, 1.54) is 0 Å². The summed E-state index contributed by atoms with van der Waals surface area (Å²) in [5.41, 5.74) is 2.48. The first-order chi connectivity index (χ1) is 15.0. The summed E-state index contributed by atoms with van der Waals surface area (Å²) < 4.78 is 9.33. The van der Waals surface area contributed by atoms with E-state index in [2.05, 4.69) is 15.9 Å². The van der Waals surface area contributed by atoms with Crippen LogP contribution in [0.15, 0.2) is 33.9 Å². The molecule has 31 heavy (non-hydrogen) atoms. The van der Waals surface area contributed by atoms with E-state index in [0.29, 0.717) is 43.8 Å². The summed E-state index contributed by atoms with van der Waals surface area (Å²) in [6.45, 7) is 6.68. The molecule has 3 aliphatic rings. The van der Waals surface area contributed by atoms with E-state index in [1.807, 2.05) is 22.2 Å². The molecule has 2 fully saturated rings. The maximum absolute atomic E-state index is 12.5. The molecule has 5 rings (SSSR count). The van der Waals surface area contributed by atoms with Crippen LogP contribution in [0.2, 0.25) is 0 Å². The van der Waals surface area contributed by atoms with Gasteiger partial charge < -0.3 is 19.0 Å². The van der Waals surface area contributed by atoms with Gasteiger partial charge in [0, 0.05) is 82.3 Å². The zero-order valence-electron chi connectivity index (χ0n) is 18.0. The van der Waals surface area contributed by atoms with E-state index in [4.69, 9.17) is 4.74 Å². The first kappa shape index (κ1) is 20.5. The number of fused-ring (bicyclic) bond motifs is 4. The van der Waals surface area contributed by atoms with Gasteiger partial charge in [-0.3, -0.25) is 19.4 Å². The number of pyridine rings is 2. The first-order valence-electron chi connectivity index (χ1n) is 11.1. The predicted molar refractivity (Wildman–Crippen MR) is 116 cm³/mol. The lowest BCUT2D eigenvalue weighted by molar-refractivity contribution is 0.0327. The fourth-order valence-electron chi connectivity index (χ4n) is 5.45. The van der Waals surface area contributed by atoms with Crippen molar-refractivity contribution in [2.45, 2.75) is 32.0 Å². The summed E-state index contributed by atoms with van der Waals surface area (Å²) in [4.78, 5) is 29.4. The molecular weight excluding hydrogens is 396 g/mol. The second-order valence-corrected chi connectivity index (χ2v) is 9.13. The Kier molecular flexibility index (Phi) is 5.45. The summed E-state index contributed by atoms with van der Waals surface area (Å²) >= 11 is 0. The first-order valence-corrected chi connectivity index (χ1v) is 11.1. The molecule has 0 aliphatic carbocycles. The molecule has 0 saturated carbocycles. The summed E-state index contributed by atoms with van der Waals surface area (Å²) in [6.07, 6.45) is 1.11. The van der Waals surface area contributed by atoms with E-state index in [1.54, 1.807) is 12.1 Å². The number of aromatic hydroxyl groups is 1. The standard InChI is InChI=1S/C23H30N4O4/c1-24-18(10-21(28)23(30)20(24)15-25-5-7-31-8-6-25)14-26-11-16-9-17(13-26)19-3-2-4-22(29)27(19)12-16/h2-4,10,16-17,30H,5-9,11-15H2,1H3/t16-,17+/m0/s1. The third-order valence-corrected chi connectivity index (χ3v) is 7.06. The van der Waals surface area contributed by atoms with Crippen molar-refractivity contribution < 1.29 is 9.84 Å². The van der Waals surface area contributed by atoms with Gasteiger partial charge in [-0.1, -0.05) is 6.07 Å². The van der Waals surface area contributed by atoms with Crippen LogP contribution in [0, 0.1) is 5.92 Å². The zero-order chi connectivity index (χ0) is 21.5. The second-order valence-electron chi connectivity index (χ2n) is 9.13. The highest BCUT2D eigenvalue weighted by atomic mass is 16.5. The van der Waals surface area contributed by atoms with E-state index in [-0.39, 0.29) is 16.7 Å². The molecule has 2 aromatic rings. The number of aromatic nitrogens is 2. The average Bonchev–Trinajstić information content (AvgIpc) is 2.76. The summed E-state index contributed by atoms with van der Waals surface area (Å²) in [6, 6.07) is 7.14. The van der Waals surface area contributed by atoms with Crippen LogP contribution in [0.3, 0.4) is 0 Å². The molecule has 0 unspecified atom stereocenters. The number of likely N-dealkylation sites (tertiary alicyclic amines) is 1. The topological polar surface area (TPSA) is 79.9 Å². The Morgan fingerprint density at radius 2 is 1.87 bits per heavy atom. The molecule has 0 radical (unpaired) electrons. The van der Waals surface area contributed by atoms with E-state index in [9.17, 15) is 14.7 Å². The monoisotopic (exact) mass is 426 g/mol. The quantitative estimate of drug-likeness (QED) is 0.776. The lowest BCUT2D eigenvalue weighted by Gasteiger charge is -2.43. The Hall–Kier alpha value is -2.42. The highest BCUT2D eigenvalue weighted by molar-refractivity contribution is 5.30. The fraction of sp³-hybridized carbons (Fsp3) is 0.565. The van der Waals surface area contributed by atoms with Crippen molar-refractivity contribution in [2.75, 3.05) is 39.4 Å². The Labute approximate surface area is 181 Å². The molecular formula is C23H30N4O4. The fourth-order valence-corrected chi connectivity index (χ4v) is 5.45. The third kappa shape index (κ3) is 3.95. The molecule has 0 amide bonds. The van der Waals surface area contributed by atoms with Crippen molar-refractivity contribution in [3.05, 3.63) is 61.9 Å². The number of hydrogen-bond acceptors (Lipinski definition) is 6. The Bertz CT molecular complexity index is 1090. The van der Waals surface area contributed by atoms with Gasteiger partial charge in [0.1, 0.15) is 0 Å². The number of rotatable bonds is 4. The number of ether oxygens (including phenoxy) is 1. The van der Waals surface area contributed by atoms with Gasteiger partial charge in [-0.25, -0.2) is 0 Å². The van der Waals surface area contributed by atoms with Crippen LogP contribution in [-0.4, -0.2) is 63.4 Å². The molecule has 2 atom stereocenters. The van der Waals surface area contributed by atoms with Crippen LogP contribution in [-0.2, 0) is 31.4 Å². The van der Waals surface area contributed by atoms with Crippen molar-refractivity contribution >= 4 is 0 Å². The Balaban J connectivity index is 1.38. The summed E-state index contributed by atoms with van der Waals surface area (Å²) in [7, 11) is 1.93. The summed E-state index contributed by atoms with van der Waals surface area (Å²) in [5.74, 6) is 0.623. The molecule has 3 aliphatic heterocycles. The van der Waals surface area contributed by atoms with E-state index < -0.39 is 0 Å². The summed E-state index contributed by atoms with van der Waals surface area (Å²) in [5, 5.41) is 10.5. The maximum Gasteiger partial charge on any atom is 0.250 e. The van der Waals surface area contributed by atoms with Crippen molar-refractivity contribution in [1.82, 2.24) is 18.9 Å². The largest absolute Gasteiger partial charge is 0.503 e. The molecule has 2 bridgehead atoms. The highest BCUT2D eigenvalue weighted by Gasteiger charge is 2.34. The lowest BCUT2D eigenvalue weighted by Crippen LogP contribution is -2.47. The molecule has 8 nitrogen and oxygen atoms in total. The van der Waals surface area contributed by atoms with Crippen molar-refractivity contribution in [1.29, 1.82) is 0 Å². The molecule has 2 saturated heterocycles. The average molecular weight is 427 g/mol. The van der Waals surface area contributed by atoms with Crippen LogP contribution < -0.4 is 11.0 Å². The normalized spacial score (nSPS) is 24.2. The predicted octanol–water partition coefficient (Wildman–Crippen LogP) is 0.704. The molecule has 1 N–H and O–H groups in total. The number of nitrogens with zero attached hydrogens (tertiary/aromatic N) is 4. The molecule has 0 spiro atoms. The smallest absolute Gasteiger partial charge is 0.250 e. The van der Waals surface area contributed by atoms with Crippen LogP contribution in [0.1, 0.15) is 29.4 Å². The van der Waals surface area contributed by atoms with E-state index >= 15 is 0 Å². The van der Waals surface area contributed by atoms with Gasteiger partial charge in [-0.2, -0.15) is 0 Å². The van der Waals surface area contributed by atoms with Crippen molar-refractivity contribution in [2.24, 2.45) is 13.0 Å². The van der Waals surface area contributed by atoms with Crippen LogP contribution in [0.4, 0.5) is 0 Å². The Morgan fingerprint density at radius 3 is 2.68 bits per heavy atom. The van der Waals surface area contributed by atoms with Gasteiger partial charge in [-0.15, -0.1) is 0 Å². The Morgan fingerprint density at radius 1 is 1.06 bits per heavy atom. The van der Waals surface area contributed by atoms with Crippen molar-refractivity contribution in [3.8, 4) is 5.75 Å². The van der Waals surface area contributed by atoms with E-state index in [0.717, 1.165) is 50.5 Å². The highest BCUT2D eigenvalue weighted by Crippen LogP contribution is 2.35. The molecule has 5 heterocycles. The molecule has 8 heteroatoms. The van der Waals surface area contributed by atoms with Gasteiger partial charge in [-0.05, 0) is 18.4 Å². The number of hydrogen-bond donors (Lipinski definition) is 1. The van der Waals surface area contributed by atoms with Crippen LogP contribution in [0.25, 0.3) is 0 Å². The minimum absolute atomic E-state index is 0.0920. The van der Waals surface area contributed by atoms with Gasteiger partial charge in [0.05, 0.1) is 18.9 Å². The maximum atomic E-state index is 12.5. The van der Waals surface area contributed by atoms with Gasteiger partial charge in [0.15, 0.2) is 5.75 Å². The zero-order valence-corrected chi connectivity index (χ0v) is 18.0. The number of morpholine rings is 1.